The molecule has 3 rings (SSSR count). The normalized spacial score (nSPS) is 15.5. The number of carbonyl (C=O) groups excluding carboxylic acids is 3. The molecule has 1 saturated carbocycles. The topological polar surface area (TPSA) is 119 Å². The number of nitrogens with one attached hydrogen (secondary N) is 2. The van der Waals surface area contributed by atoms with Crippen LogP contribution in [0.2, 0.25) is 0 Å². The van der Waals surface area contributed by atoms with Gasteiger partial charge in [0, 0.05) is 6.04 Å². The van der Waals surface area contributed by atoms with Gasteiger partial charge in [0.05, 0.1) is 17.2 Å². The van der Waals surface area contributed by atoms with Crippen molar-refractivity contribution in [2.45, 2.75) is 57.7 Å². The van der Waals surface area contributed by atoms with Crippen molar-refractivity contribution in [3.8, 4) is 0 Å². The van der Waals surface area contributed by atoms with Crippen molar-refractivity contribution in [1.29, 1.82) is 0 Å². The highest BCUT2D eigenvalue weighted by atomic mass is 16.5. The number of carbonyl (C=O) groups is 3. The first kappa shape index (κ1) is 20.5. The van der Waals surface area contributed by atoms with E-state index in [2.05, 4.69) is 15.6 Å². The van der Waals surface area contributed by atoms with Crippen LogP contribution in [0.15, 0.2) is 35.4 Å². The standard InChI is InChI=1S/C20H24N4O5/c1-13(18(26)23-20(28)22-14-7-3-2-4-8-14)29-17(25)11-24-12-21-16-10-6-5-9-15(16)19(24)27/h5-6,9-10,12-14H,2-4,7-8,11H2,1H3,(H2,22,23,26,28)/t13-/m0/s1. The Morgan fingerprint density at radius 3 is 2.69 bits per heavy atom. The summed E-state index contributed by atoms with van der Waals surface area (Å²) in [7, 11) is 0. The molecule has 1 aromatic heterocycles. The third-order valence-corrected chi connectivity index (χ3v) is 4.89. The van der Waals surface area contributed by atoms with Crippen molar-refractivity contribution in [1.82, 2.24) is 20.2 Å². The number of aromatic nitrogens is 2. The maximum atomic E-state index is 12.4. The third kappa shape index (κ3) is 5.40. The molecule has 1 atom stereocenters. The zero-order chi connectivity index (χ0) is 20.8. The average molecular weight is 400 g/mol. The van der Waals surface area contributed by atoms with Crippen LogP contribution in [0.25, 0.3) is 10.9 Å². The van der Waals surface area contributed by atoms with Gasteiger partial charge in [-0.05, 0) is 31.9 Å². The van der Waals surface area contributed by atoms with Crippen molar-refractivity contribution in [2.24, 2.45) is 0 Å². The molecule has 2 aromatic rings. The SMILES string of the molecule is C[C@H](OC(=O)Cn1cnc2ccccc2c1=O)C(=O)NC(=O)NC1CCCCC1. The number of hydrogen-bond acceptors (Lipinski definition) is 6. The molecule has 9 heteroatoms. The highest BCUT2D eigenvalue weighted by Gasteiger charge is 2.22. The molecule has 0 saturated heterocycles. The van der Waals surface area contributed by atoms with Gasteiger partial charge < -0.3 is 10.1 Å². The van der Waals surface area contributed by atoms with Crippen molar-refractivity contribution < 1.29 is 19.1 Å². The van der Waals surface area contributed by atoms with Gasteiger partial charge >= 0.3 is 12.0 Å². The number of nitrogens with zero attached hydrogens (tertiary/aromatic N) is 2. The first-order valence-corrected chi connectivity index (χ1v) is 9.69. The quantitative estimate of drug-likeness (QED) is 0.734. The highest BCUT2D eigenvalue weighted by Crippen LogP contribution is 2.17. The highest BCUT2D eigenvalue weighted by molar-refractivity contribution is 5.97. The molecule has 1 heterocycles. The molecule has 1 aliphatic rings. The van der Waals surface area contributed by atoms with Crippen LogP contribution >= 0.6 is 0 Å². The zero-order valence-corrected chi connectivity index (χ0v) is 16.2. The zero-order valence-electron chi connectivity index (χ0n) is 16.2. The summed E-state index contributed by atoms with van der Waals surface area (Å²) in [5.41, 5.74) is 0.148. The Balaban J connectivity index is 1.52. The fourth-order valence-electron chi connectivity index (χ4n) is 3.33. The van der Waals surface area contributed by atoms with E-state index in [9.17, 15) is 19.2 Å². The van der Waals surface area contributed by atoms with E-state index < -0.39 is 24.0 Å². The lowest BCUT2D eigenvalue weighted by molar-refractivity contribution is -0.155. The molecule has 1 aromatic carbocycles. The van der Waals surface area contributed by atoms with Gasteiger partial charge in [-0.2, -0.15) is 0 Å². The number of rotatable bonds is 5. The number of urea groups is 1. The molecule has 9 nitrogen and oxygen atoms in total. The van der Waals surface area contributed by atoms with E-state index in [0.717, 1.165) is 36.7 Å². The molecular weight excluding hydrogens is 376 g/mol. The molecule has 29 heavy (non-hydrogen) atoms. The molecule has 0 unspecified atom stereocenters. The van der Waals surface area contributed by atoms with Crippen LogP contribution in [-0.4, -0.2) is 39.6 Å². The van der Waals surface area contributed by atoms with Crippen molar-refractivity contribution >= 4 is 28.8 Å². The monoisotopic (exact) mass is 400 g/mol. The maximum absolute atomic E-state index is 12.4. The molecule has 2 N–H and O–H groups in total. The van der Waals surface area contributed by atoms with E-state index in [0.29, 0.717) is 10.9 Å². The number of amides is 3. The molecule has 0 bridgehead atoms. The third-order valence-electron chi connectivity index (χ3n) is 4.89. The lowest BCUT2D eigenvalue weighted by Crippen LogP contribution is -2.48. The Morgan fingerprint density at radius 1 is 1.21 bits per heavy atom. The summed E-state index contributed by atoms with van der Waals surface area (Å²) < 4.78 is 6.17. The van der Waals surface area contributed by atoms with E-state index in [1.807, 2.05) is 0 Å². The largest absolute Gasteiger partial charge is 0.451 e. The number of hydrogen-bond donors (Lipinski definition) is 2. The number of benzene rings is 1. The van der Waals surface area contributed by atoms with Crippen molar-refractivity contribution in [3.05, 3.63) is 40.9 Å². The van der Waals surface area contributed by atoms with Crippen molar-refractivity contribution in [3.63, 3.8) is 0 Å². The van der Waals surface area contributed by atoms with Gasteiger partial charge in [-0.15, -0.1) is 0 Å². The fourth-order valence-corrected chi connectivity index (χ4v) is 3.33. The molecule has 1 fully saturated rings. The van der Waals surface area contributed by atoms with Gasteiger partial charge in [-0.3, -0.25) is 24.3 Å². The second-order valence-corrected chi connectivity index (χ2v) is 7.12. The van der Waals surface area contributed by atoms with Crippen LogP contribution in [0.1, 0.15) is 39.0 Å². The molecule has 1 aliphatic carbocycles. The summed E-state index contributed by atoms with van der Waals surface area (Å²) in [6, 6.07) is 6.25. The predicted octanol–water partition coefficient (Wildman–Crippen LogP) is 1.49. The number of imide groups is 1. The number of fused-ring (bicyclic) bond motifs is 1. The average Bonchev–Trinajstić information content (AvgIpc) is 2.71. The molecule has 154 valence electrons. The van der Waals surface area contributed by atoms with Crippen LogP contribution in [0.5, 0.6) is 0 Å². The number of ether oxygens (including phenoxy) is 1. The number of esters is 1. The summed E-state index contributed by atoms with van der Waals surface area (Å²) >= 11 is 0. The van der Waals surface area contributed by atoms with Crippen molar-refractivity contribution in [2.75, 3.05) is 0 Å². The van der Waals surface area contributed by atoms with Gasteiger partial charge in [-0.25, -0.2) is 9.78 Å². The Labute approximate surface area is 167 Å². The Hall–Kier alpha value is -3.23. The first-order chi connectivity index (χ1) is 13.9. The number of para-hydroxylation sites is 1. The molecule has 0 spiro atoms. The molecule has 0 aliphatic heterocycles. The van der Waals surface area contributed by atoms with Crippen LogP contribution in [0, 0.1) is 0 Å². The lowest BCUT2D eigenvalue weighted by atomic mass is 9.96. The second-order valence-electron chi connectivity index (χ2n) is 7.12. The summed E-state index contributed by atoms with van der Waals surface area (Å²) in [6.07, 6.45) is 5.12. The van der Waals surface area contributed by atoms with Gasteiger partial charge in [0.25, 0.3) is 11.5 Å². The van der Waals surface area contributed by atoms with Crippen LogP contribution < -0.4 is 16.2 Å². The summed E-state index contributed by atoms with van der Waals surface area (Å²) in [4.78, 5) is 52.7. The Morgan fingerprint density at radius 2 is 1.93 bits per heavy atom. The summed E-state index contributed by atoms with van der Waals surface area (Å²) in [6.45, 7) is 0.977. The van der Waals surface area contributed by atoms with Gasteiger partial charge in [0.15, 0.2) is 6.10 Å². The minimum absolute atomic E-state index is 0.0571. The second kappa shape index (κ2) is 9.31. The lowest BCUT2D eigenvalue weighted by Gasteiger charge is -2.23. The fraction of sp³-hybridized carbons (Fsp3) is 0.450. The molecular formula is C20H24N4O5. The van der Waals surface area contributed by atoms with E-state index in [1.165, 1.54) is 13.3 Å². The van der Waals surface area contributed by atoms with E-state index in [1.54, 1.807) is 24.3 Å². The van der Waals surface area contributed by atoms with Crippen LogP contribution in [-0.2, 0) is 20.9 Å². The van der Waals surface area contributed by atoms with Crippen LogP contribution in [0.3, 0.4) is 0 Å². The maximum Gasteiger partial charge on any atom is 0.326 e. The van der Waals surface area contributed by atoms with E-state index in [4.69, 9.17) is 4.74 Å². The first-order valence-electron chi connectivity index (χ1n) is 9.69. The predicted molar refractivity (Wildman–Crippen MR) is 105 cm³/mol. The summed E-state index contributed by atoms with van der Waals surface area (Å²) in [5.74, 6) is -1.50. The van der Waals surface area contributed by atoms with E-state index in [-0.39, 0.29) is 18.1 Å². The molecule has 3 amide bonds. The van der Waals surface area contributed by atoms with E-state index >= 15 is 0 Å². The smallest absolute Gasteiger partial charge is 0.326 e. The van der Waals surface area contributed by atoms with Gasteiger partial charge in [0.2, 0.25) is 0 Å². The van der Waals surface area contributed by atoms with Gasteiger partial charge in [-0.1, -0.05) is 31.4 Å². The minimum Gasteiger partial charge on any atom is -0.451 e. The van der Waals surface area contributed by atoms with Crippen LogP contribution in [0.4, 0.5) is 4.79 Å². The Bertz CT molecular complexity index is 965. The minimum atomic E-state index is -1.18. The summed E-state index contributed by atoms with van der Waals surface area (Å²) in [5, 5.41) is 5.32. The Kier molecular flexibility index (Phi) is 6.58. The van der Waals surface area contributed by atoms with Gasteiger partial charge in [0.1, 0.15) is 6.54 Å². The molecule has 0 radical (unpaired) electrons.